The number of unbranched alkanes of at least 4 members (excludes halogenated alkanes) is 1. The Kier molecular flexibility index (Phi) is 8.30. The minimum atomic E-state index is -1.38. The molecule has 1 aliphatic rings. The van der Waals surface area contributed by atoms with Gasteiger partial charge >= 0.3 is 13.1 Å². The van der Waals surface area contributed by atoms with Crippen molar-refractivity contribution in [1.29, 1.82) is 0 Å². The van der Waals surface area contributed by atoms with Crippen LogP contribution in [0.15, 0.2) is 42.5 Å². The van der Waals surface area contributed by atoms with Crippen molar-refractivity contribution < 1.29 is 24.3 Å². The zero-order chi connectivity index (χ0) is 23.3. The molecule has 6 nitrogen and oxygen atoms in total. The third-order valence-electron chi connectivity index (χ3n) is 6.38. The number of hydrogen-bond acceptors (Lipinski definition) is 5. The topological polar surface area (TPSA) is 116 Å². The number of hydrogen-bond donors (Lipinski definition) is 5. The first kappa shape index (κ1) is 24.7. The Morgan fingerprint density at radius 3 is 2.41 bits per heavy atom. The van der Waals surface area contributed by atoms with E-state index in [0.717, 1.165) is 11.1 Å². The summed E-state index contributed by atoms with van der Waals surface area (Å²) in [4.78, 5) is 11.8. The van der Waals surface area contributed by atoms with Crippen LogP contribution in [-0.2, 0) is 11.3 Å². The summed E-state index contributed by atoms with van der Waals surface area (Å²) < 4.78 is 14.6. The molecule has 0 aromatic heterocycles. The quantitative estimate of drug-likeness (QED) is 0.258. The van der Waals surface area contributed by atoms with E-state index in [0.29, 0.717) is 42.8 Å². The highest BCUT2D eigenvalue weighted by Gasteiger charge is 2.48. The van der Waals surface area contributed by atoms with Crippen LogP contribution < -0.4 is 11.1 Å². The molecular weight excluding hydrogens is 434 g/mol. The molecule has 0 heterocycles. The second-order valence-electron chi connectivity index (χ2n) is 8.63. The highest BCUT2D eigenvalue weighted by molar-refractivity contribution is 6.40. The maximum atomic E-state index is 14.6. The van der Waals surface area contributed by atoms with Gasteiger partial charge in [-0.15, -0.1) is 0 Å². The number of carboxylic acid groups (broad SMARTS) is 1. The van der Waals surface area contributed by atoms with E-state index in [2.05, 4.69) is 5.32 Å². The molecule has 1 fully saturated rings. The van der Waals surface area contributed by atoms with Gasteiger partial charge in [-0.05, 0) is 60.8 Å². The van der Waals surface area contributed by atoms with E-state index >= 15 is 0 Å². The van der Waals surface area contributed by atoms with Crippen LogP contribution in [0.25, 0.3) is 11.1 Å². The molecule has 1 atom stereocenters. The van der Waals surface area contributed by atoms with E-state index in [1.165, 1.54) is 6.07 Å². The van der Waals surface area contributed by atoms with E-state index in [9.17, 15) is 14.3 Å². The van der Waals surface area contributed by atoms with Crippen LogP contribution in [0.1, 0.15) is 37.7 Å². The first-order valence-corrected chi connectivity index (χ1v) is 11.2. The lowest BCUT2D eigenvalue weighted by Gasteiger charge is -2.45. The number of aliphatic carboxylic acids is 1. The number of carbonyl (C=O) groups is 1. The van der Waals surface area contributed by atoms with Gasteiger partial charge in [-0.3, -0.25) is 4.79 Å². The molecule has 0 amide bonds. The molecule has 1 saturated carbocycles. The lowest BCUT2D eigenvalue weighted by atomic mass is 9.66. The maximum absolute atomic E-state index is 14.6. The molecule has 9 heteroatoms. The molecule has 1 aliphatic carbocycles. The second kappa shape index (κ2) is 10.8. The molecule has 0 spiro atoms. The Hall–Kier alpha value is -1.97. The fourth-order valence-corrected chi connectivity index (χ4v) is 4.33. The molecule has 0 aliphatic heterocycles. The van der Waals surface area contributed by atoms with Crippen molar-refractivity contribution >= 4 is 24.7 Å². The first-order chi connectivity index (χ1) is 15.2. The minimum absolute atomic E-state index is 0.0804. The first-order valence-electron chi connectivity index (χ1n) is 10.8. The fraction of sp³-hybridized carbons (Fsp3) is 0.435. The predicted octanol–water partition coefficient (Wildman–Crippen LogP) is 3.44. The standard InChI is InChI=1S/C23H29BClFN2O4/c25-19-7-5-15(6-8-19)16-3-4-17(21(26)11-16)14-28-20-12-18(13-20)23(27,22(29)30)9-1-2-10-24(31)32/h3-8,11,18,20,28,31-32H,1-2,9-10,12-14,27H2,(H,29,30)/t18?,20?,23-/m0/s1. The van der Waals surface area contributed by atoms with Crippen molar-refractivity contribution in [3.63, 3.8) is 0 Å². The number of halogens is 2. The van der Waals surface area contributed by atoms with Gasteiger partial charge in [0, 0.05) is 23.2 Å². The Labute approximate surface area is 192 Å². The van der Waals surface area contributed by atoms with Crippen LogP contribution in [0.2, 0.25) is 11.3 Å². The van der Waals surface area contributed by atoms with Crippen molar-refractivity contribution in [3.05, 3.63) is 58.9 Å². The van der Waals surface area contributed by atoms with E-state index in [1.807, 2.05) is 18.2 Å². The van der Waals surface area contributed by atoms with Crippen LogP contribution in [-0.4, -0.2) is 39.8 Å². The van der Waals surface area contributed by atoms with Gasteiger partial charge in [-0.1, -0.05) is 48.7 Å². The SMILES string of the molecule is N[C@](CCCCB(O)O)(C(=O)O)C1CC(NCc2ccc(-c3ccc(Cl)cc3)cc2F)C1. The summed E-state index contributed by atoms with van der Waals surface area (Å²) >= 11 is 5.90. The van der Waals surface area contributed by atoms with Crippen molar-refractivity contribution in [2.45, 2.75) is 56.5 Å². The zero-order valence-electron chi connectivity index (χ0n) is 17.8. The Morgan fingerprint density at radius 1 is 1.16 bits per heavy atom. The summed E-state index contributed by atoms with van der Waals surface area (Å²) in [5.74, 6) is -1.51. The summed E-state index contributed by atoms with van der Waals surface area (Å²) in [6.45, 7) is 0.350. The predicted molar refractivity (Wildman–Crippen MR) is 124 cm³/mol. The third kappa shape index (κ3) is 6.08. The van der Waals surface area contributed by atoms with Crippen molar-refractivity contribution in [2.24, 2.45) is 11.7 Å². The maximum Gasteiger partial charge on any atom is 0.451 e. The van der Waals surface area contributed by atoms with Crippen molar-refractivity contribution in [3.8, 4) is 11.1 Å². The van der Waals surface area contributed by atoms with Gasteiger partial charge in [0.05, 0.1) is 0 Å². The van der Waals surface area contributed by atoms with Crippen LogP contribution in [0.4, 0.5) is 4.39 Å². The van der Waals surface area contributed by atoms with E-state index in [-0.39, 0.29) is 30.5 Å². The van der Waals surface area contributed by atoms with Gasteiger partial charge in [0.15, 0.2) is 0 Å². The summed E-state index contributed by atoms with van der Waals surface area (Å²) in [6.07, 6.45) is 2.72. The summed E-state index contributed by atoms with van der Waals surface area (Å²) in [7, 11) is -1.38. The van der Waals surface area contributed by atoms with E-state index in [1.54, 1.807) is 18.2 Å². The Morgan fingerprint density at radius 2 is 1.81 bits per heavy atom. The third-order valence-corrected chi connectivity index (χ3v) is 6.63. The number of carboxylic acids is 1. The molecule has 0 saturated heterocycles. The smallest absolute Gasteiger partial charge is 0.451 e. The molecule has 2 aromatic carbocycles. The van der Waals surface area contributed by atoms with Crippen LogP contribution in [0, 0.1) is 11.7 Å². The Bertz CT molecular complexity index is 925. The largest absolute Gasteiger partial charge is 0.480 e. The van der Waals surface area contributed by atoms with Gasteiger partial charge in [-0.25, -0.2) is 4.39 Å². The van der Waals surface area contributed by atoms with Gasteiger partial charge in [-0.2, -0.15) is 0 Å². The molecule has 172 valence electrons. The zero-order valence-corrected chi connectivity index (χ0v) is 18.6. The molecule has 3 rings (SSSR count). The summed E-state index contributed by atoms with van der Waals surface area (Å²) in [6, 6.07) is 12.4. The van der Waals surface area contributed by atoms with Gasteiger partial charge < -0.3 is 26.2 Å². The fourth-order valence-electron chi connectivity index (χ4n) is 4.20. The lowest BCUT2D eigenvalue weighted by molar-refractivity contribution is -0.148. The lowest BCUT2D eigenvalue weighted by Crippen LogP contribution is -2.61. The van der Waals surface area contributed by atoms with E-state index < -0.39 is 18.6 Å². The summed E-state index contributed by atoms with van der Waals surface area (Å²) in [5, 5.41) is 31.4. The molecule has 0 radical (unpaired) electrons. The molecule has 32 heavy (non-hydrogen) atoms. The van der Waals surface area contributed by atoms with Gasteiger partial charge in [0.2, 0.25) is 0 Å². The molecule has 0 unspecified atom stereocenters. The average Bonchev–Trinajstić information content (AvgIpc) is 2.71. The van der Waals surface area contributed by atoms with E-state index in [4.69, 9.17) is 27.4 Å². The van der Waals surface area contributed by atoms with Crippen molar-refractivity contribution in [2.75, 3.05) is 0 Å². The van der Waals surface area contributed by atoms with Crippen LogP contribution in [0.5, 0.6) is 0 Å². The van der Waals surface area contributed by atoms with Gasteiger partial charge in [0.25, 0.3) is 0 Å². The van der Waals surface area contributed by atoms with Crippen LogP contribution in [0.3, 0.4) is 0 Å². The van der Waals surface area contributed by atoms with Crippen LogP contribution >= 0.6 is 11.6 Å². The molecule has 0 bridgehead atoms. The number of rotatable bonds is 11. The molecular formula is C23H29BClFN2O4. The number of nitrogens with two attached hydrogens (primary N) is 1. The normalized spacial score (nSPS) is 19.8. The van der Waals surface area contributed by atoms with Crippen molar-refractivity contribution in [1.82, 2.24) is 5.32 Å². The summed E-state index contributed by atoms with van der Waals surface area (Å²) in [5.41, 5.74) is 7.09. The average molecular weight is 463 g/mol. The monoisotopic (exact) mass is 462 g/mol. The molecule has 6 N–H and O–H groups in total. The molecule has 2 aromatic rings. The number of nitrogens with one attached hydrogen (secondary N) is 1. The Balaban J connectivity index is 1.50. The number of benzene rings is 2. The second-order valence-corrected chi connectivity index (χ2v) is 9.07. The van der Waals surface area contributed by atoms with Gasteiger partial charge in [0.1, 0.15) is 11.4 Å². The highest BCUT2D eigenvalue weighted by Crippen LogP contribution is 2.38. The highest BCUT2D eigenvalue weighted by atomic mass is 35.5. The minimum Gasteiger partial charge on any atom is -0.480 e.